The van der Waals surface area contributed by atoms with E-state index < -0.39 is 0 Å². The minimum absolute atomic E-state index is 0.359. The van der Waals surface area contributed by atoms with Gasteiger partial charge in [-0.3, -0.25) is 4.79 Å². The zero-order chi connectivity index (χ0) is 15.2. The Hall–Kier alpha value is -1.52. The maximum absolute atomic E-state index is 10.9. The van der Waals surface area contributed by atoms with Crippen LogP contribution in [0.25, 0.3) is 0 Å². The van der Waals surface area contributed by atoms with Crippen LogP contribution < -0.4 is 9.47 Å². The summed E-state index contributed by atoms with van der Waals surface area (Å²) in [4.78, 5) is 10.9. The summed E-state index contributed by atoms with van der Waals surface area (Å²) < 4.78 is 12.2. The van der Waals surface area contributed by atoms with Gasteiger partial charge < -0.3 is 9.47 Å². The molecular formula is C16H14BrClO3. The second-order valence-corrected chi connectivity index (χ2v) is 5.62. The third kappa shape index (κ3) is 4.22. The van der Waals surface area contributed by atoms with Crippen LogP contribution in [0.5, 0.6) is 11.5 Å². The number of rotatable bonds is 6. The molecule has 0 spiro atoms. The van der Waals surface area contributed by atoms with Gasteiger partial charge in [0.25, 0.3) is 0 Å². The molecule has 0 aliphatic rings. The number of aldehydes is 1. The van der Waals surface area contributed by atoms with Gasteiger partial charge in [0.05, 0.1) is 11.6 Å². The van der Waals surface area contributed by atoms with E-state index in [0.717, 1.165) is 16.3 Å². The van der Waals surface area contributed by atoms with Crippen LogP contribution in [0.15, 0.2) is 40.9 Å². The number of hydrogen-bond acceptors (Lipinski definition) is 3. The van der Waals surface area contributed by atoms with Crippen molar-refractivity contribution in [2.45, 2.75) is 13.5 Å². The first kappa shape index (κ1) is 15.9. The van der Waals surface area contributed by atoms with E-state index in [0.29, 0.717) is 35.3 Å². The third-order valence-electron chi connectivity index (χ3n) is 2.74. The topological polar surface area (TPSA) is 35.5 Å². The van der Waals surface area contributed by atoms with Gasteiger partial charge in [0.15, 0.2) is 11.5 Å². The van der Waals surface area contributed by atoms with Gasteiger partial charge in [0, 0.05) is 10.0 Å². The monoisotopic (exact) mass is 368 g/mol. The molecule has 0 N–H and O–H groups in total. The first-order valence-corrected chi connectivity index (χ1v) is 7.60. The minimum atomic E-state index is 0.359. The summed E-state index contributed by atoms with van der Waals surface area (Å²) in [7, 11) is 0. The smallest absolute Gasteiger partial charge is 0.180 e. The van der Waals surface area contributed by atoms with E-state index in [1.165, 1.54) is 0 Å². The Morgan fingerprint density at radius 1 is 1.24 bits per heavy atom. The first-order chi connectivity index (χ1) is 10.1. The number of carbonyl (C=O) groups excluding carboxylic acids is 1. The van der Waals surface area contributed by atoms with E-state index >= 15 is 0 Å². The summed E-state index contributed by atoms with van der Waals surface area (Å²) in [5.74, 6) is 0.922. The third-order valence-corrected chi connectivity index (χ3v) is 3.51. The Morgan fingerprint density at radius 2 is 2.05 bits per heavy atom. The standard InChI is InChI=1S/C16H14BrClO3/c1-2-20-15-8-12(9-19)7-14(18)16(15)21-10-11-4-3-5-13(17)6-11/h3-9H,2,10H2,1H3. The highest BCUT2D eigenvalue weighted by Gasteiger charge is 2.12. The van der Waals surface area contributed by atoms with Gasteiger partial charge in [-0.15, -0.1) is 0 Å². The molecule has 0 amide bonds. The van der Waals surface area contributed by atoms with E-state index in [-0.39, 0.29) is 0 Å². The molecular weight excluding hydrogens is 356 g/mol. The van der Waals surface area contributed by atoms with Gasteiger partial charge in [-0.1, -0.05) is 39.7 Å². The Morgan fingerprint density at radius 3 is 2.71 bits per heavy atom. The highest BCUT2D eigenvalue weighted by atomic mass is 79.9. The molecule has 0 fully saturated rings. The molecule has 0 unspecified atom stereocenters. The quantitative estimate of drug-likeness (QED) is 0.680. The number of benzene rings is 2. The average molecular weight is 370 g/mol. The van der Waals surface area contributed by atoms with Crippen LogP contribution in [0.2, 0.25) is 5.02 Å². The molecule has 0 aromatic heterocycles. The second-order valence-electron chi connectivity index (χ2n) is 4.30. The molecule has 5 heteroatoms. The maximum atomic E-state index is 10.9. The van der Waals surface area contributed by atoms with E-state index in [1.807, 2.05) is 31.2 Å². The van der Waals surface area contributed by atoms with Crippen molar-refractivity contribution in [1.29, 1.82) is 0 Å². The molecule has 2 aromatic carbocycles. The van der Waals surface area contributed by atoms with Crippen LogP contribution in [0, 0.1) is 0 Å². The average Bonchev–Trinajstić information content (AvgIpc) is 2.46. The lowest BCUT2D eigenvalue weighted by molar-refractivity contribution is 0.112. The van der Waals surface area contributed by atoms with Crippen LogP contribution >= 0.6 is 27.5 Å². The Labute approximate surface area is 137 Å². The molecule has 0 heterocycles. The maximum Gasteiger partial charge on any atom is 0.180 e. The van der Waals surface area contributed by atoms with Crippen molar-refractivity contribution in [2.24, 2.45) is 0 Å². The van der Waals surface area contributed by atoms with Gasteiger partial charge in [-0.25, -0.2) is 0 Å². The van der Waals surface area contributed by atoms with Crippen molar-refractivity contribution in [3.8, 4) is 11.5 Å². The molecule has 3 nitrogen and oxygen atoms in total. The van der Waals surface area contributed by atoms with Gasteiger partial charge in [-0.05, 0) is 36.8 Å². The number of ether oxygens (including phenoxy) is 2. The van der Waals surface area contributed by atoms with Crippen molar-refractivity contribution in [2.75, 3.05) is 6.61 Å². The molecule has 0 bridgehead atoms. The van der Waals surface area contributed by atoms with Gasteiger partial charge in [0.2, 0.25) is 0 Å². The lowest BCUT2D eigenvalue weighted by atomic mass is 10.2. The van der Waals surface area contributed by atoms with Crippen LogP contribution in [0.1, 0.15) is 22.8 Å². The summed E-state index contributed by atoms with van der Waals surface area (Å²) in [6, 6.07) is 11.0. The lowest BCUT2D eigenvalue weighted by Gasteiger charge is -2.14. The minimum Gasteiger partial charge on any atom is -0.490 e. The van der Waals surface area contributed by atoms with Crippen LogP contribution in [-0.4, -0.2) is 12.9 Å². The SMILES string of the molecule is CCOc1cc(C=O)cc(Cl)c1OCc1cccc(Br)c1. The van der Waals surface area contributed by atoms with Gasteiger partial charge in [0.1, 0.15) is 12.9 Å². The summed E-state index contributed by atoms with van der Waals surface area (Å²) in [6.45, 7) is 2.69. The van der Waals surface area contributed by atoms with Crippen molar-refractivity contribution >= 4 is 33.8 Å². The molecule has 110 valence electrons. The molecule has 0 aliphatic carbocycles. The summed E-state index contributed by atoms with van der Waals surface area (Å²) >= 11 is 9.59. The molecule has 2 aromatic rings. The van der Waals surface area contributed by atoms with Gasteiger partial charge in [-0.2, -0.15) is 0 Å². The molecule has 21 heavy (non-hydrogen) atoms. The van der Waals surface area contributed by atoms with Crippen molar-refractivity contribution in [1.82, 2.24) is 0 Å². The summed E-state index contributed by atoms with van der Waals surface area (Å²) in [5.41, 5.74) is 1.46. The van der Waals surface area contributed by atoms with Crippen molar-refractivity contribution in [3.63, 3.8) is 0 Å². The molecule has 0 saturated heterocycles. The van der Waals surface area contributed by atoms with Crippen LogP contribution in [0.3, 0.4) is 0 Å². The number of halogens is 2. The zero-order valence-corrected chi connectivity index (χ0v) is 13.8. The van der Waals surface area contributed by atoms with Gasteiger partial charge >= 0.3 is 0 Å². The summed E-state index contributed by atoms with van der Waals surface area (Å²) in [5, 5.41) is 0.359. The highest BCUT2D eigenvalue weighted by molar-refractivity contribution is 9.10. The predicted molar refractivity (Wildman–Crippen MR) is 86.5 cm³/mol. The fourth-order valence-corrected chi connectivity index (χ4v) is 2.56. The second kappa shape index (κ2) is 7.48. The van der Waals surface area contributed by atoms with Crippen LogP contribution in [-0.2, 0) is 6.61 Å². The Balaban J connectivity index is 2.24. The fraction of sp³-hybridized carbons (Fsp3) is 0.188. The molecule has 0 radical (unpaired) electrons. The first-order valence-electron chi connectivity index (χ1n) is 6.42. The molecule has 2 rings (SSSR count). The predicted octanol–water partition coefficient (Wildman–Crippen LogP) is 4.89. The number of hydrogen-bond donors (Lipinski definition) is 0. The normalized spacial score (nSPS) is 10.2. The van der Waals surface area contributed by atoms with Crippen LogP contribution in [0.4, 0.5) is 0 Å². The van der Waals surface area contributed by atoms with E-state index in [4.69, 9.17) is 21.1 Å². The van der Waals surface area contributed by atoms with E-state index in [1.54, 1.807) is 12.1 Å². The zero-order valence-electron chi connectivity index (χ0n) is 11.4. The largest absolute Gasteiger partial charge is 0.490 e. The fourth-order valence-electron chi connectivity index (χ4n) is 1.84. The Bertz CT molecular complexity index is 643. The number of carbonyl (C=O) groups is 1. The molecule has 0 atom stereocenters. The summed E-state index contributed by atoms with van der Waals surface area (Å²) in [6.07, 6.45) is 0.729. The Kier molecular flexibility index (Phi) is 5.65. The lowest BCUT2D eigenvalue weighted by Crippen LogP contribution is -2.01. The molecule has 0 aliphatic heterocycles. The van der Waals surface area contributed by atoms with Crippen molar-refractivity contribution in [3.05, 3.63) is 57.0 Å². The molecule has 0 saturated carbocycles. The van der Waals surface area contributed by atoms with Crippen molar-refractivity contribution < 1.29 is 14.3 Å². The van der Waals surface area contributed by atoms with E-state index in [9.17, 15) is 4.79 Å². The van der Waals surface area contributed by atoms with E-state index in [2.05, 4.69) is 15.9 Å². The highest BCUT2D eigenvalue weighted by Crippen LogP contribution is 2.37.